The molecule has 2 atom stereocenters. The number of pyridine rings is 1. The zero-order valence-corrected chi connectivity index (χ0v) is 19.5. The van der Waals surface area contributed by atoms with E-state index in [-0.39, 0.29) is 29.3 Å². The highest BCUT2D eigenvalue weighted by Gasteiger charge is 2.41. The Bertz CT molecular complexity index is 1140. The Morgan fingerprint density at radius 3 is 2.34 bits per heavy atom. The van der Waals surface area contributed by atoms with Crippen LogP contribution in [0.25, 0.3) is 0 Å². The first kappa shape index (κ1) is 26.4. The summed E-state index contributed by atoms with van der Waals surface area (Å²) < 4.78 is 55.4. The molecule has 1 aromatic heterocycles. The molecule has 10 heteroatoms. The zero-order valence-electron chi connectivity index (χ0n) is 18.7. The number of hydrogen-bond acceptors (Lipinski definition) is 3. The van der Waals surface area contributed by atoms with Gasteiger partial charge in [0.15, 0.2) is 0 Å². The van der Waals surface area contributed by atoms with Gasteiger partial charge in [0.2, 0.25) is 0 Å². The Morgan fingerprint density at radius 2 is 1.77 bits per heavy atom. The predicted octanol–water partition coefficient (Wildman–Crippen LogP) is 5.45. The molecule has 186 valence electrons. The third-order valence-corrected chi connectivity index (χ3v) is 5.79. The number of halogens is 5. The standard InChI is InChI=1S/C25H24ClF4N3O2/c1-2-21(15-34)32-23(35)33-24(13-16-6-4-3-5-7-16,22-9-8-19(26)14-31-22)17-10-18(25(28,29)30)12-20(27)11-17/h3-12,14,21,34H,2,13,15H2,1H3,(H2,32,33,35). The molecule has 0 spiro atoms. The molecule has 0 saturated heterocycles. The lowest BCUT2D eigenvalue weighted by molar-refractivity contribution is -0.137. The number of aliphatic hydroxyl groups is 1. The van der Waals surface area contributed by atoms with E-state index in [9.17, 15) is 27.5 Å². The minimum absolute atomic E-state index is 0.0490. The van der Waals surface area contributed by atoms with Crippen molar-refractivity contribution in [1.82, 2.24) is 15.6 Å². The van der Waals surface area contributed by atoms with E-state index in [2.05, 4.69) is 15.6 Å². The Hall–Kier alpha value is -3.17. The van der Waals surface area contributed by atoms with Gasteiger partial charge in [-0.3, -0.25) is 4.98 Å². The Labute approximate surface area is 205 Å². The molecule has 35 heavy (non-hydrogen) atoms. The number of amides is 2. The van der Waals surface area contributed by atoms with Gasteiger partial charge in [0.05, 0.1) is 28.9 Å². The minimum Gasteiger partial charge on any atom is -0.394 e. The van der Waals surface area contributed by atoms with Crippen molar-refractivity contribution in [3.63, 3.8) is 0 Å². The van der Waals surface area contributed by atoms with Crippen molar-refractivity contribution in [2.75, 3.05) is 6.61 Å². The lowest BCUT2D eigenvalue weighted by Gasteiger charge is -2.36. The molecule has 0 saturated carbocycles. The summed E-state index contributed by atoms with van der Waals surface area (Å²) in [5.74, 6) is -1.12. The lowest BCUT2D eigenvalue weighted by Crippen LogP contribution is -2.54. The second-order valence-corrected chi connectivity index (χ2v) is 8.48. The van der Waals surface area contributed by atoms with Crippen LogP contribution in [0.3, 0.4) is 0 Å². The van der Waals surface area contributed by atoms with Crippen molar-refractivity contribution in [3.05, 3.63) is 100 Å². The molecule has 3 aromatic rings. The van der Waals surface area contributed by atoms with Gasteiger partial charge in [0, 0.05) is 12.6 Å². The lowest BCUT2D eigenvalue weighted by atomic mass is 9.79. The summed E-state index contributed by atoms with van der Waals surface area (Å²) in [6.45, 7) is 1.41. The molecular formula is C25H24ClF4N3O2. The van der Waals surface area contributed by atoms with E-state index < -0.39 is 35.2 Å². The fraction of sp³-hybridized carbons (Fsp3) is 0.280. The second kappa shape index (κ2) is 11.0. The van der Waals surface area contributed by atoms with Crippen molar-refractivity contribution < 1.29 is 27.5 Å². The van der Waals surface area contributed by atoms with Gasteiger partial charge in [-0.1, -0.05) is 48.9 Å². The highest BCUT2D eigenvalue weighted by atomic mass is 35.5. The van der Waals surface area contributed by atoms with Gasteiger partial charge >= 0.3 is 12.2 Å². The SMILES string of the molecule is CCC(CO)NC(=O)NC(Cc1ccccc1)(c1cc(F)cc(C(F)(F)F)c1)c1ccc(Cl)cn1. The topological polar surface area (TPSA) is 74.2 Å². The molecule has 3 N–H and O–H groups in total. The third-order valence-electron chi connectivity index (χ3n) is 5.57. The van der Waals surface area contributed by atoms with E-state index in [4.69, 9.17) is 11.6 Å². The molecule has 2 unspecified atom stereocenters. The van der Waals surface area contributed by atoms with E-state index in [0.29, 0.717) is 18.1 Å². The van der Waals surface area contributed by atoms with Crippen molar-refractivity contribution in [2.24, 2.45) is 0 Å². The van der Waals surface area contributed by atoms with Gasteiger partial charge in [-0.2, -0.15) is 13.2 Å². The van der Waals surface area contributed by atoms with Gasteiger partial charge < -0.3 is 15.7 Å². The first-order chi connectivity index (χ1) is 16.6. The molecule has 1 heterocycles. The fourth-order valence-corrected chi connectivity index (χ4v) is 3.85. The van der Waals surface area contributed by atoms with E-state index in [1.54, 1.807) is 37.3 Å². The summed E-state index contributed by atoms with van der Waals surface area (Å²) in [4.78, 5) is 17.3. The number of urea groups is 1. The summed E-state index contributed by atoms with van der Waals surface area (Å²) in [6.07, 6.45) is -3.17. The highest BCUT2D eigenvalue weighted by Crippen LogP contribution is 2.37. The molecule has 0 aliphatic rings. The quantitative estimate of drug-likeness (QED) is 0.354. The molecule has 0 bridgehead atoms. The molecule has 0 radical (unpaired) electrons. The summed E-state index contributed by atoms with van der Waals surface area (Å²) in [6, 6.07) is 12.4. The number of rotatable bonds is 8. The average Bonchev–Trinajstić information content (AvgIpc) is 2.82. The van der Waals surface area contributed by atoms with Crippen LogP contribution in [0.1, 0.15) is 35.7 Å². The molecule has 3 rings (SSSR count). The molecular weight excluding hydrogens is 486 g/mol. The number of aromatic nitrogens is 1. The van der Waals surface area contributed by atoms with Crippen LogP contribution in [-0.4, -0.2) is 28.8 Å². The van der Waals surface area contributed by atoms with Crippen LogP contribution in [0.2, 0.25) is 5.02 Å². The zero-order chi connectivity index (χ0) is 25.6. The van der Waals surface area contributed by atoms with Crippen LogP contribution in [0.15, 0.2) is 66.9 Å². The number of benzene rings is 2. The predicted molar refractivity (Wildman–Crippen MR) is 124 cm³/mol. The van der Waals surface area contributed by atoms with Crippen LogP contribution in [-0.2, 0) is 18.1 Å². The maximum Gasteiger partial charge on any atom is 0.416 e. The molecule has 2 amide bonds. The van der Waals surface area contributed by atoms with E-state index in [0.717, 1.165) is 12.1 Å². The van der Waals surface area contributed by atoms with Gasteiger partial charge in [-0.25, -0.2) is 9.18 Å². The van der Waals surface area contributed by atoms with Crippen LogP contribution in [0.5, 0.6) is 0 Å². The summed E-state index contributed by atoms with van der Waals surface area (Å²) in [5, 5.41) is 15.1. The minimum atomic E-state index is -4.82. The number of nitrogens with one attached hydrogen (secondary N) is 2. The fourth-order valence-electron chi connectivity index (χ4n) is 3.74. The van der Waals surface area contributed by atoms with Gasteiger partial charge in [0.25, 0.3) is 0 Å². The van der Waals surface area contributed by atoms with Crippen LogP contribution >= 0.6 is 11.6 Å². The van der Waals surface area contributed by atoms with Gasteiger partial charge in [-0.15, -0.1) is 0 Å². The van der Waals surface area contributed by atoms with Crippen LogP contribution in [0, 0.1) is 5.82 Å². The first-order valence-corrected chi connectivity index (χ1v) is 11.2. The molecule has 0 aliphatic carbocycles. The number of hydrogen-bond donors (Lipinski definition) is 3. The van der Waals surface area contributed by atoms with Crippen molar-refractivity contribution in [3.8, 4) is 0 Å². The van der Waals surface area contributed by atoms with Crippen LogP contribution < -0.4 is 10.6 Å². The van der Waals surface area contributed by atoms with Crippen molar-refractivity contribution in [1.29, 1.82) is 0 Å². The second-order valence-electron chi connectivity index (χ2n) is 8.04. The van der Waals surface area contributed by atoms with E-state index >= 15 is 0 Å². The largest absolute Gasteiger partial charge is 0.416 e. The Morgan fingerprint density at radius 1 is 1.09 bits per heavy atom. The number of alkyl halides is 3. The van der Waals surface area contributed by atoms with E-state index in [1.807, 2.05) is 0 Å². The third kappa shape index (κ3) is 6.49. The first-order valence-electron chi connectivity index (χ1n) is 10.8. The number of carbonyl (C=O) groups is 1. The van der Waals surface area contributed by atoms with Crippen LogP contribution in [0.4, 0.5) is 22.4 Å². The maximum absolute atomic E-state index is 14.6. The smallest absolute Gasteiger partial charge is 0.394 e. The molecule has 0 aliphatic heterocycles. The molecule has 5 nitrogen and oxygen atoms in total. The monoisotopic (exact) mass is 509 g/mol. The highest BCUT2D eigenvalue weighted by molar-refractivity contribution is 6.30. The van der Waals surface area contributed by atoms with Gasteiger partial charge in [0.1, 0.15) is 11.4 Å². The Kier molecular flexibility index (Phi) is 8.34. The number of nitrogens with zero attached hydrogens (tertiary/aromatic N) is 1. The summed E-state index contributed by atoms with van der Waals surface area (Å²) in [5.41, 5.74) is -2.28. The van der Waals surface area contributed by atoms with Gasteiger partial charge in [-0.05, 0) is 47.9 Å². The Balaban J connectivity index is 2.26. The van der Waals surface area contributed by atoms with E-state index in [1.165, 1.54) is 18.3 Å². The maximum atomic E-state index is 14.6. The molecule has 2 aromatic carbocycles. The number of aliphatic hydroxyl groups excluding tert-OH is 1. The average molecular weight is 510 g/mol. The summed E-state index contributed by atoms with van der Waals surface area (Å²) in [7, 11) is 0. The number of carbonyl (C=O) groups excluding carboxylic acids is 1. The van der Waals surface area contributed by atoms with Crippen molar-refractivity contribution in [2.45, 2.75) is 37.5 Å². The molecule has 0 fully saturated rings. The summed E-state index contributed by atoms with van der Waals surface area (Å²) >= 11 is 5.99. The van der Waals surface area contributed by atoms with Crippen molar-refractivity contribution >= 4 is 17.6 Å². The normalized spacial score (nSPS) is 14.1.